The van der Waals surface area contributed by atoms with Gasteiger partial charge in [0.25, 0.3) is 0 Å². The molecule has 8 heteroatoms. The number of amides is 1. The van der Waals surface area contributed by atoms with Gasteiger partial charge in [-0.05, 0) is 41.8 Å². The zero-order valence-corrected chi connectivity index (χ0v) is 17.5. The van der Waals surface area contributed by atoms with Crippen molar-refractivity contribution < 1.29 is 19.1 Å². The molecule has 0 saturated carbocycles. The van der Waals surface area contributed by atoms with Crippen LogP contribution in [0.15, 0.2) is 47.6 Å². The largest absolute Gasteiger partial charge is 0.493 e. The van der Waals surface area contributed by atoms with Gasteiger partial charge in [-0.25, -0.2) is 5.43 Å². The van der Waals surface area contributed by atoms with Crippen molar-refractivity contribution in [2.45, 2.75) is 12.8 Å². The van der Waals surface area contributed by atoms with Gasteiger partial charge < -0.3 is 9.47 Å². The third kappa shape index (κ3) is 5.34. The third-order valence-corrected chi connectivity index (χ3v) is 5.43. The number of hydrazone groups is 1. The lowest BCUT2D eigenvalue weighted by molar-refractivity contribution is -0.121. The fourth-order valence-corrected chi connectivity index (χ4v) is 3.91. The molecule has 1 amide bonds. The SMILES string of the molecule is COc1ccc(C(=O)CCC(=O)N/N=C/c2cc3ccc(Cl)cc3s2)cc1OC. The molecule has 0 atom stereocenters. The highest BCUT2D eigenvalue weighted by atomic mass is 35.5. The Labute approximate surface area is 177 Å². The predicted octanol–water partition coefficient (Wildman–Crippen LogP) is 4.69. The Balaban J connectivity index is 1.52. The molecule has 0 fully saturated rings. The molecule has 0 aliphatic heterocycles. The summed E-state index contributed by atoms with van der Waals surface area (Å²) in [6.45, 7) is 0. The van der Waals surface area contributed by atoms with E-state index in [1.54, 1.807) is 24.4 Å². The summed E-state index contributed by atoms with van der Waals surface area (Å²) in [5, 5.41) is 5.70. The highest BCUT2D eigenvalue weighted by Crippen LogP contribution is 2.28. The summed E-state index contributed by atoms with van der Waals surface area (Å²) in [5.74, 6) is 0.516. The lowest BCUT2D eigenvalue weighted by Crippen LogP contribution is -2.18. The van der Waals surface area contributed by atoms with E-state index in [9.17, 15) is 9.59 Å². The number of methoxy groups -OCH3 is 2. The summed E-state index contributed by atoms with van der Waals surface area (Å²) in [5.41, 5.74) is 2.91. The van der Waals surface area contributed by atoms with Gasteiger partial charge in [0.05, 0.1) is 20.4 Å². The van der Waals surface area contributed by atoms with Gasteiger partial charge in [-0.2, -0.15) is 5.10 Å². The highest BCUT2D eigenvalue weighted by Gasteiger charge is 2.12. The minimum absolute atomic E-state index is 0.0343. The lowest BCUT2D eigenvalue weighted by Gasteiger charge is -2.08. The van der Waals surface area contributed by atoms with Crippen LogP contribution >= 0.6 is 22.9 Å². The third-order valence-electron chi connectivity index (χ3n) is 4.17. The normalized spacial score (nSPS) is 11.0. The molecule has 1 N–H and O–H groups in total. The molecular weight excluding hydrogens is 412 g/mol. The monoisotopic (exact) mass is 430 g/mol. The predicted molar refractivity (Wildman–Crippen MR) is 116 cm³/mol. The number of rotatable bonds is 8. The van der Waals surface area contributed by atoms with Crippen LogP contribution in [-0.4, -0.2) is 32.1 Å². The van der Waals surface area contributed by atoms with Crippen LogP contribution in [0.5, 0.6) is 11.5 Å². The average Bonchev–Trinajstić information content (AvgIpc) is 3.13. The maximum absolute atomic E-state index is 12.3. The molecule has 2 aromatic carbocycles. The Morgan fingerprint density at radius 3 is 2.62 bits per heavy atom. The van der Waals surface area contributed by atoms with Gasteiger partial charge in [-0.3, -0.25) is 9.59 Å². The van der Waals surface area contributed by atoms with Crippen molar-refractivity contribution in [3.8, 4) is 11.5 Å². The fraction of sp³-hybridized carbons (Fsp3) is 0.190. The quantitative estimate of drug-likeness (QED) is 0.319. The number of halogens is 1. The molecule has 0 aliphatic carbocycles. The van der Waals surface area contributed by atoms with Crippen LogP contribution in [0.25, 0.3) is 10.1 Å². The van der Waals surface area contributed by atoms with E-state index in [4.69, 9.17) is 21.1 Å². The molecule has 0 spiro atoms. The number of nitrogens with one attached hydrogen (secondary N) is 1. The summed E-state index contributed by atoms with van der Waals surface area (Å²) in [4.78, 5) is 25.2. The maximum atomic E-state index is 12.3. The van der Waals surface area contributed by atoms with Crippen LogP contribution in [0.4, 0.5) is 0 Å². The molecule has 0 radical (unpaired) electrons. The van der Waals surface area contributed by atoms with Crippen LogP contribution < -0.4 is 14.9 Å². The number of hydrogen-bond acceptors (Lipinski definition) is 6. The minimum atomic E-state index is -0.334. The molecule has 0 aliphatic rings. The number of carbonyl (C=O) groups is 2. The summed E-state index contributed by atoms with van der Waals surface area (Å²) in [6.07, 6.45) is 1.68. The number of hydrogen-bond donors (Lipinski definition) is 1. The Morgan fingerprint density at radius 2 is 1.86 bits per heavy atom. The van der Waals surface area contributed by atoms with E-state index in [-0.39, 0.29) is 24.5 Å². The van der Waals surface area contributed by atoms with E-state index in [0.717, 1.165) is 15.0 Å². The smallest absolute Gasteiger partial charge is 0.240 e. The standard InChI is InChI=1S/C21H19ClN2O4S/c1-27-18-7-4-13(10-19(18)28-2)17(25)6-8-21(26)24-23-12-16-9-14-3-5-15(22)11-20(14)29-16/h3-5,7,9-12H,6,8H2,1-2H3,(H,24,26)/b23-12+. The van der Waals surface area contributed by atoms with E-state index >= 15 is 0 Å². The molecule has 29 heavy (non-hydrogen) atoms. The second kappa shape index (κ2) is 9.54. The average molecular weight is 431 g/mol. The van der Waals surface area contributed by atoms with E-state index in [0.29, 0.717) is 22.1 Å². The summed E-state index contributed by atoms with van der Waals surface area (Å²) in [6, 6.07) is 12.5. The van der Waals surface area contributed by atoms with Crippen molar-refractivity contribution in [3.63, 3.8) is 0 Å². The highest BCUT2D eigenvalue weighted by molar-refractivity contribution is 7.20. The Kier molecular flexibility index (Phi) is 6.85. The Hall–Kier alpha value is -2.90. The molecule has 0 bridgehead atoms. The van der Waals surface area contributed by atoms with Crippen molar-refractivity contribution in [1.82, 2.24) is 5.43 Å². The van der Waals surface area contributed by atoms with Gasteiger partial charge in [0.15, 0.2) is 17.3 Å². The number of thiophene rings is 1. The first-order valence-electron chi connectivity index (χ1n) is 8.76. The first kappa shape index (κ1) is 20.8. The maximum Gasteiger partial charge on any atom is 0.240 e. The van der Waals surface area contributed by atoms with Gasteiger partial charge in [0.2, 0.25) is 5.91 Å². The number of Topliss-reactive ketones (excluding diaryl/α,β-unsaturated/α-hetero) is 1. The van der Waals surface area contributed by atoms with E-state index < -0.39 is 0 Å². The van der Waals surface area contributed by atoms with Crippen molar-refractivity contribution in [2.75, 3.05) is 14.2 Å². The van der Waals surface area contributed by atoms with Crippen LogP contribution in [0.1, 0.15) is 28.1 Å². The van der Waals surface area contributed by atoms with Crippen LogP contribution in [0.2, 0.25) is 5.02 Å². The molecular formula is C21H19ClN2O4S. The number of ether oxygens (including phenoxy) is 2. The second-order valence-corrected chi connectivity index (χ2v) is 7.67. The fourth-order valence-electron chi connectivity index (χ4n) is 2.69. The van der Waals surface area contributed by atoms with Gasteiger partial charge in [-0.15, -0.1) is 11.3 Å². The van der Waals surface area contributed by atoms with Crippen molar-refractivity contribution in [3.05, 3.63) is 57.9 Å². The van der Waals surface area contributed by atoms with Gasteiger partial charge >= 0.3 is 0 Å². The Bertz CT molecular complexity index is 1080. The zero-order valence-electron chi connectivity index (χ0n) is 15.9. The molecule has 0 saturated heterocycles. The number of fused-ring (bicyclic) bond motifs is 1. The van der Waals surface area contributed by atoms with Crippen molar-refractivity contribution in [2.24, 2.45) is 5.10 Å². The minimum Gasteiger partial charge on any atom is -0.493 e. The number of nitrogens with zero attached hydrogens (tertiary/aromatic N) is 1. The first-order chi connectivity index (χ1) is 14.0. The number of ketones is 1. The molecule has 1 aromatic heterocycles. The number of benzene rings is 2. The van der Waals surface area contributed by atoms with E-state index in [1.807, 2.05) is 24.3 Å². The lowest BCUT2D eigenvalue weighted by atomic mass is 10.1. The van der Waals surface area contributed by atoms with E-state index in [2.05, 4.69) is 10.5 Å². The molecule has 3 rings (SSSR count). The van der Waals surface area contributed by atoms with Gasteiger partial charge in [-0.1, -0.05) is 17.7 Å². The second-order valence-electron chi connectivity index (χ2n) is 6.12. The van der Waals surface area contributed by atoms with Crippen LogP contribution in [-0.2, 0) is 4.79 Å². The van der Waals surface area contributed by atoms with Gasteiger partial charge in [0, 0.05) is 33.0 Å². The molecule has 0 unspecified atom stereocenters. The van der Waals surface area contributed by atoms with Crippen molar-refractivity contribution >= 4 is 50.9 Å². The van der Waals surface area contributed by atoms with Crippen LogP contribution in [0, 0.1) is 0 Å². The summed E-state index contributed by atoms with van der Waals surface area (Å²) >= 11 is 7.51. The van der Waals surface area contributed by atoms with E-state index in [1.165, 1.54) is 25.6 Å². The van der Waals surface area contributed by atoms with Crippen LogP contribution in [0.3, 0.4) is 0 Å². The number of carbonyl (C=O) groups excluding carboxylic acids is 2. The first-order valence-corrected chi connectivity index (χ1v) is 9.96. The molecule has 6 nitrogen and oxygen atoms in total. The zero-order chi connectivity index (χ0) is 20.8. The molecule has 3 aromatic rings. The van der Waals surface area contributed by atoms with Crippen molar-refractivity contribution in [1.29, 1.82) is 0 Å². The topological polar surface area (TPSA) is 77.0 Å². The molecule has 1 heterocycles. The van der Waals surface area contributed by atoms with Gasteiger partial charge in [0.1, 0.15) is 0 Å². The Morgan fingerprint density at radius 1 is 1.07 bits per heavy atom. The summed E-state index contributed by atoms with van der Waals surface area (Å²) in [7, 11) is 3.03. The summed E-state index contributed by atoms with van der Waals surface area (Å²) < 4.78 is 11.4. The molecule has 150 valence electrons.